The van der Waals surface area contributed by atoms with E-state index in [1.807, 2.05) is 0 Å². The molecule has 7 nitrogen and oxygen atoms in total. The van der Waals surface area contributed by atoms with Crippen LogP contribution in [0.1, 0.15) is 20.7 Å². The van der Waals surface area contributed by atoms with Crippen molar-refractivity contribution in [2.45, 2.75) is 0 Å². The monoisotopic (exact) mass is 311 g/mol. The second kappa shape index (κ2) is 5.80. The third-order valence-corrected chi connectivity index (χ3v) is 3.36. The molecular weight excluding hydrogens is 298 g/mol. The van der Waals surface area contributed by atoms with Crippen molar-refractivity contribution in [1.82, 2.24) is 10.4 Å². The highest BCUT2D eigenvalue weighted by Crippen LogP contribution is 2.21. The smallest absolute Gasteiger partial charge is 0.338 e. The summed E-state index contributed by atoms with van der Waals surface area (Å²) < 4.78 is 5.02. The molecule has 0 unspecified atom stereocenters. The molecule has 1 aliphatic heterocycles. The van der Waals surface area contributed by atoms with Crippen LogP contribution in [0.2, 0.25) is 0 Å². The normalized spacial score (nSPS) is 12.8. The molecule has 1 aliphatic rings. The Bertz CT molecular complexity index is 751. The van der Waals surface area contributed by atoms with E-state index in [1.165, 1.54) is 7.11 Å². The lowest BCUT2D eigenvalue weighted by molar-refractivity contribution is 0.0592. The number of nitrogens with zero attached hydrogens (tertiary/aromatic N) is 1. The van der Waals surface area contributed by atoms with Gasteiger partial charge in [0.15, 0.2) is 0 Å². The Labute approximate surface area is 131 Å². The topological polar surface area (TPSA) is 87.7 Å². The first-order valence-corrected chi connectivity index (χ1v) is 6.79. The summed E-state index contributed by atoms with van der Waals surface area (Å²) >= 11 is 0. The number of amides is 4. The number of ether oxygens (including phenoxy) is 1. The number of methoxy groups -OCH3 is 1. The average molecular weight is 311 g/mol. The fourth-order valence-electron chi connectivity index (χ4n) is 2.23. The average Bonchev–Trinajstić information content (AvgIpc) is 2.81. The standard InChI is InChI=1S/C16H13N3O4/c1-23-11-8-6-10(7-9-11)17-16(22)18-19-14(20)12-4-2-3-5-13(12)15(19)21/h2-9H,1H3,(H2,17,18,22). The van der Waals surface area contributed by atoms with Crippen LogP contribution in [-0.4, -0.2) is 30.0 Å². The molecule has 2 aromatic rings. The minimum absolute atomic E-state index is 0.266. The number of hydrogen-bond acceptors (Lipinski definition) is 4. The number of rotatable bonds is 3. The van der Waals surface area contributed by atoms with Crippen molar-refractivity contribution < 1.29 is 19.1 Å². The van der Waals surface area contributed by atoms with E-state index in [0.29, 0.717) is 16.4 Å². The Morgan fingerprint density at radius 1 is 0.957 bits per heavy atom. The summed E-state index contributed by atoms with van der Waals surface area (Å²) in [6.45, 7) is 0. The van der Waals surface area contributed by atoms with Crippen LogP contribution in [-0.2, 0) is 0 Å². The molecular formula is C16H13N3O4. The number of benzene rings is 2. The van der Waals surface area contributed by atoms with Crippen LogP contribution < -0.4 is 15.5 Å². The van der Waals surface area contributed by atoms with Gasteiger partial charge in [-0.05, 0) is 36.4 Å². The predicted molar refractivity (Wildman–Crippen MR) is 82.1 cm³/mol. The summed E-state index contributed by atoms with van der Waals surface area (Å²) in [6, 6.07) is 12.3. The number of urea groups is 1. The first kappa shape index (κ1) is 14.6. The quantitative estimate of drug-likeness (QED) is 0.849. The molecule has 0 radical (unpaired) electrons. The molecule has 0 fully saturated rings. The van der Waals surface area contributed by atoms with Crippen molar-refractivity contribution in [2.75, 3.05) is 12.4 Å². The Kier molecular flexibility index (Phi) is 3.68. The maximum absolute atomic E-state index is 12.1. The van der Waals surface area contributed by atoms with E-state index >= 15 is 0 Å². The minimum Gasteiger partial charge on any atom is -0.497 e. The molecule has 0 bridgehead atoms. The number of carbonyl (C=O) groups excluding carboxylic acids is 3. The van der Waals surface area contributed by atoms with Crippen LogP contribution in [0.4, 0.5) is 10.5 Å². The van der Waals surface area contributed by atoms with Gasteiger partial charge in [-0.25, -0.2) is 10.2 Å². The van der Waals surface area contributed by atoms with Crippen LogP contribution in [0.3, 0.4) is 0 Å². The fraction of sp³-hybridized carbons (Fsp3) is 0.0625. The van der Waals surface area contributed by atoms with E-state index in [1.54, 1.807) is 48.5 Å². The Balaban J connectivity index is 1.69. The zero-order valence-electron chi connectivity index (χ0n) is 12.2. The third-order valence-electron chi connectivity index (χ3n) is 3.36. The van der Waals surface area contributed by atoms with Crippen LogP contribution in [0.5, 0.6) is 5.75 Å². The van der Waals surface area contributed by atoms with Gasteiger partial charge in [0.25, 0.3) is 11.8 Å². The molecule has 0 aliphatic carbocycles. The number of nitrogens with one attached hydrogen (secondary N) is 2. The number of hydrazine groups is 1. The highest BCUT2D eigenvalue weighted by atomic mass is 16.5. The SMILES string of the molecule is COc1ccc(NC(=O)NN2C(=O)c3ccccc3C2=O)cc1. The summed E-state index contributed by atoms with van der Waals surface area (Å²) in [4.78, 5) is 36.2. The van der Waals surface area contributed by atoms with Crippen molar-refractivity contribution in [3.63, 3.8) is 0 Å². The van der Waals surface area contributed by atoms with Gasteiger partial charge < -0.3 is 10.1 Å². The molecule has 116 valence electrons. The number of anilines is 1. The molecule has 7 heteroatoms. The van der Waals surface area contributed by atoms with Crippen molar-refractivity contribution >= 4 is 23.5 Å². The van der Waals surface area contributed by atoms with Gasteiger partial charge in [-0.1, -0.05) is 12.1 Å². The number of hydrogen-bond donors (Lipinski definition) is 2. The van der Waals surface area contributed by atoms with Gasteiger partial charge in [0.1, 0.15) is 5.75 Å². The second-order valence-electron chi connectivity index (χ2n) is 4.79. The summed E-state index contributed by atoms with van der Waals surface area (Å²) in [7, 11) is 1.54. The van der Waals surface area contributed by atoms with Gasteiger partial charge in [-0.15, -0.1) is 0 Å². The van der Waals surface area contributed by atoms with Gasteiger partial charge in [0, 0.05) is 5.69 Å². The Hall–Kier alpha value is -3.35. The summed E-state index contributed by atoms with van der Waals surface area (Å²) in [5.74, 6) is -0.470. The zero-order chi connectivity index (χ0) is 16.4. The van der Waals surface area contributed by atoms with Gasteiger partial charge >= 0.3 is 6.03 Å². The predicted octanol–water partition coefficient (Wildman–Crippen LogP) is 2.03. The molecule has 2 aromatic carbocycles. The number of carbonyl (C=O) groups is 3. The first-order chi connectivity index (χ1) is 11.1. The molecule has 0 saturated carbocycles. The van der Waals surface area contributed by atoms with Crippen molar-refractivity contribution in [3.8, 4) is 5.75 Å². The summed E-state index contributed by atoms with van der Waals surface area (Å²) in [5.41, 5.74) is 3.29. The molecule has 2 N–H and O–H groups in total. The van der Waals surface area contributed by atoms with Gasteiger partial charge in [-0.3, -0.25) is 9.59 Å². The van der Waals surface area contributed by atoms with E-state index in [9.17, 15) is 14.4 Å². The van der Waals surface area contributed by atoms with Crippen LogP contribution in [0.25, 0.3) is 0 Å². The van der Waals surface area contributed by atoms with Crippen LogP contribution in [0.15, 0.2) is 48.5 Å². The molecule has 23 heavy (non-hydrogen) atoms. The Morgan fingerprint density at radius 3 is 2.04 bits per heavy atom. The first-order valence-electron chi connectivity index (χ1n) is 6.79. The molecule has 0 aromatic heterocycles. The van der Waals surface area contributed by atoms with Gasteiger partial charge in [0.05, 0.1) is 18.2 Å². The lowest BCUT2D eigenvalue weighted by atomic mass is 10.1. The largest absolute Gasteiger partial charge is 0.497 e. The Morgan fingerprint density at radius 2 is 1.52 bits per heavy atom. The third kappa shape index (κ3) is 2.71. The number of fused-ring (bicyclic) bond motifs is 1. The van der Waals surface area contributed by atoms with Crippen LogP contribution >= 0.6 is 0 Å². The summed E-state index contributed by atoms with van der Waals surface area (Å²) in [6.07, 6.45) is 0. The maximum atomic E-state index is 12.1. The lowest BCUT2D eigenvalue weighted by Gasteiger charge is -2.15. The van der Waals surface area contributed by atoms with E-state index < -0.39 is 17.8 Å². The molecule has 1 heterocycles. The van der Waals surface area contributed by atoms with Gasteiger partial charge in [0.2, 0.25) is 0 Å². The van der Waals surface area contributed by atoms with Crippen molar-refractivity contribution in [1.29, 1.82) is 0 Å². The van der Waals surface area contributed by atoms with E-state index in [4.69, 9.17) is 4.74 Å². The van der Waals surface area contributed by atoms with Gasteiger partial charge in [-0.2, -0.15) is 5.01 Å². The lowest BCUT2D eigenvalue weighted by Crippen LogP contribution is -2.47. The van der Waals surface area contributed by atoms with E-state index in [-0.39, 0.29) is 11.1 Å². The molecule has 0 spiro atoms. The minimum atomic E-state index is -0.690. The van der Waals surface area contributed by atoms with Crippen LogP contribution in [0, 0.1) is 0 Å². The maximum Gasteiger partial charge on any atom is 0.338 e. The van der Waals surface area contributed by atoms with Crippen molar-refractivity contribution in [2.24, 2.45) is 0 Å². The highest BCUT2D eigenvalue weighted by Gasteiger charge is 2.36. The number of imide groups is 1. The molecule has 0 saturated heterocycles. The molecule has 3 rings (SSSR count). The molecule has 4 amide bonds. The summed E-state index contributed by atoms with van der Waals surface area (Å²) in [5, 5.41) is 3.23. The molecule has 0 atom stereocenters. The van der Waals surface area contributed by atoms with E-state index in [0.717, 1.165) is 0 Å². The van der Waals surface area contributed by atoms with Crippen molar-refractivity contribution in [3.05, 3.63) is 59.7 Å². The zero-order valence-corrected chi connectivity index (χ0v) is 12.2. The van der Waals surface area contributed by atoms with E-state index in [2.05, 4.69) is 10.7 Å². The fourth-order valence-corrected chi connectivity index (χ4v) is 2.23. The second-order valence-corrected chi connectivity index (χ2v) is 4.79. The highest BCUT2D eigenvalue weighted by molar-refractivity contribution is 6.21.